The van der Waals surface area contributed by atoms with E-state index < -0.39 is 14.9 Å². The number of hydrogen-bond donors (Lipinski definition) is 2. The van der Waals surface area contributed by atoms with Gasteiger partial charge in [0, 0.05) is 42.2 Å². The molecule has 11 heteroatoms. The summed E-state index contributed by atoms with van der Waals surface area (Å²) in [6, 6.07) is 1.10. The maximum atomic E-state index is 12.2. The van der Waals surface area contributed by atoms with Crippen LogP contribution in [0.3, 0.4) is 0 Å². The molecule has 1 aromatic heterocycles. The quantitative estimate of drug-likeness (QED) is 0.582. The van der Waals surface area contributed by atoms with Crippen molar-refractivity contribution < 1.29 is 13.3 Å². The lowest BCUT2D eigenvalue weighted by molar-refractivity contribution is -0.383. The predicted octanol–water partition coefficient (Wildman–Crippen LogP) is 1.82. The average molecular weight is 370 g/mol. The fourth-order valence-electron chi connectivity index (χ4n) is 1.73. The smallest absolute Gasteiger partial charge is 0.304 e. The van der Waals surface area contributed by atoms with Crippen LogP contribution in [0.5, 0.6) is 0 Å². The summed E-state index contributed by atoms with van der Waals surface area (Å²) < 4.78 is 26.9. The Morgan fingerprint density at radius 1 is 1.48 bits per heavy atom. The van der Waals surface area contributed by atoms with E-state index >= 15 is 0 Å². The van der Waals surface area contributed by atoms with Gasteiger partial charge in [-0.3, -0.25) is 10.1 Å². The topological polar surface area (TPSA) is 101 Å². The number of thioether (sulfide) groups is 2. The summed E-state index contributed by atoms with van der Waals surface area (Å²) in [6.45, 7) is 0.348. The lowest BCUT2D eigenvalue weighted by atomic mass is 10.5. The maximum Gasteiger partial charge on any atom is 0.304 e. The minimum atomic E-state index is -3.70. The van der Waals surface area contributed by atoms with Gasteiger partial charge >= 0.3 is 5.69 Å². The predicted molar refractivity (Wildman–Crippen MR) is 89.3 cm³/mol. The normalized spacial score (nSPS) is 19.4. The van der Waals surface area contributed by atoms with E-state index in [9.17, 15) is 18.5 Å². The summed E-state index contributed by atoms with van der Waals surface area (Å²) in [7, 11) is -2.18. The molecule has 2 rings (SSSR count). The molecule has 1 saturated heterocycles. The summed E-state index contributed by atoms with van der Waals surface area (Å²) in [4.78, 5) is 10.3. The molecule has 7 nitrogen and oxygen atoms in total. The second-order valence-corrected chi connectivity index (χ2v) is 9.81. The molecule has 2 N–H and O–H groups in total. The van der Waals surface area contributed by atoms with E-state index in [1.807, 2.05) is 11.8 Å². The summed E-state index contributed by atoms with van der Waals surface area (Å²) in [6.07, 6.45) is 0. The summed E-state index contributed by atoms with van der Waals surface area (Å²) in [5, 5.41) is 14.0. The van der Waals surface area contributed by atoms with Crippen LogP contribution in [0.1, 0.15) is 0 Å². The Hall–Kier alpha value is -0.490. The van der Waals surface area contributed by atoms with Crippen LogP contribution < -0.4 is 10.0 Å². The number of hydrogen-bond acceptors (Lipinski definition) is 8. The van der Waals surface area contributed by atoms with Crippen LogP contribution in [-0.2, 0) is 10.0 Å². The Bertz CT molecular complexity index is 610. The molecule has 0 aromatic carbocycles. The van der Waals surface area contributed by atoms with Crippen molar-refractivity contribution in [3.63, 3.8) is 0 Å². The Labute approximate surface area is 135 Å². The van der Waals surface area contributed by atoms with E-state index in [1.165, 1.54) is 7.05 Å². The standard InChI is InChI=1S/C10H15N3O4S4/c1-11-10-8(13(14)15)4-9(20-10)21(16,17)12-5-7-6-18-2-3-19-7/h4,7,11-12H,2-3,5-6H2,1H3. The van der Waals surface area contributed by atoms with Crippen LogP contribution in [0.25, 0.3) is 0 Å². The molecule has 0 amide bonds. The van der Waals surface area contributed by atoms with Crippen LogP contribution in [0, 0.1) is 10.1 Å². The molecule has 1 aromatic rings. The van der Waals surface area contributed by atoms with E-state index in [0.717, 1.165) is 34.7 Å². The van der Waals surface area contributed by atoms with E-state index in [4.69, 9.17) is 0 Å². The summed E-state index contributed by atoms with van der Waals surface area (Å²) in [5.74, 6) is 3.03. The number of nitrogens with zero attached hydrogens (tertiary/aromatic N) is 1. The van der Waals surface area contributed by atoms with Crippen molar-refractivity contribution >= 4 is 55.6 Å². The largest absolute Gasteiger partial charge is 0.374 e. The first kappa shape index (κ1) is 16.9. The van der Waals surface area contributed by atoms with Crippen molar-refractivity contribution in [2.75, 3.05) is 36.2 Å². The number of thiophene rings is 1. The first-order chi connectivity index (χ1) is 9.94. The molecule has 2 heterocycles. The minimum Gasteiger partial charge on any atom is -0.374 e. The molecule has 21 heavy (non-hydrogen) atoms. The Balaban J connectivity index is 2.09. The Kier molecular flexibility index (Phi) is 5.77. The molecular formula is C10H15N3O4S4. The van der Waals surface area contributed by atoms with Gasteiger partial charge in [-0.15, -0.1) is 0 Å². The molecule has 0 spiro atoms. The fourth-order valence-corrected chi connectivity index (χ4v) is 6.86. The molecular weight excluding hydrogens is 354 g/mol. The molecule has 1 atom stereocenters. The van der Waals surface area contributed by atoms with Gasteiger partial charge in [0.05, 0.1) is 4.92 Å². The Morgan fingerprint density at radius 3 is 2.76 bits per heavy atom. The lowest BCUT2D eigenvalue weighted by Gasteiger charge is -2.20. The van der Waals surface area contributed by atoms with Gasteiger partial charge in [0.1, 0.15) is 4.21 Å². The maximum absolute atomic E-state index is 12.2. The lowest BCUT2D eigenvalue weighted by Crippen LogP contribution is -2.33. The van der Waals surface area contributed by atoms with Crippen molar-refractivity contribution in [3.05, 3.63) is 16.2 Å². The average Bonchev–Trinajstić information content (AvgIpc) is 2.92. The molecule has 0 radical (unpaired) electrons. The zero-order valence-electron chi connectivity index (χ0n) is 11.2. The summed E-state index contributed by atoms with van der Waals surface area (Å²) >= 11 is 4.43. The number of anilines is 1. The van der Waals surface area contributed by atoms with Crippen molar-refractivity contribution in [1.29, 1.82) is 0 Å². The third kappa shape index (κ3) is 4.25. The highest BCUT2D eigenvalue weighted by Crippen LogP contribution is 2.36. The first-order valence-electron chi connectivity index (χ1n) is 6.09. The van der Waals surface area contributed by atoms with Gasteiger partial charge in [-0.1, -0.05) is 11.3 Å². The zero-order valence-corrected chi connectivity index (χ0v) is 14.5. The number of rotatable bonds is 6. The first-order valence-corrected chi connectivity index (χ1v) is 10.6. The highest BCUT2D eigenvalue weighted by molar-refractivity contribution is 8.06. The molecule has 1 fully saturated rings. The van der Waals surface area contributed by atoms with Gasteiger partial charge in [0.15, 0.2) is 5.00 Å². The highest BCUT2D eigenvalue weighted by Gasteiger charge is 2.26. The molecule has 0 saturated carbocycles. The van der Waals surface area contributed by atoms with Gasteiger partial charge in [-0.2, -0.15) is 23.5 Å². The van der Waals surface area contributed by atoms with Gasteiger partial charge in [0.2, 0.25) is 10.0 Å². The fraction of sp³-hybridized carbons (Fsp3) is 0.600. The second-order valence-electron chi connectivity index (χ2n) is 4.21. The molecule has 0 bridgehead atoms. The third-order valence-electron chi connectivity index (χ3n) is 2.76. The summed E-state index contributed by atoms with van der Waals surface area (Å²) in [5.41, 5.74) is -0.217. The van der Waals surface area contributed by atoms with E-state index in [2.05, 4.69) is 10.0 Å². The minimum absolute atomic E-state index is 0.0352. The van der Waals surface area contributed by atoms with Crippen molar-refractivity contribution in [2.24, 2.45) is 0 Å². The third-order valence-corrected chi connectivity index (χ3v) is 8.65. The van der Waals surface area contributed by atoms with Crippen LogP contribution in [0.15, 0.2) is 10.3 Å². The van der Waals surface area contributed by atoms with E-state index in [1.54, 1.807) is 11.8 Å². The van der Waals surface area contributed by atoms with E-state index in [0.29, 0.717) is 6.54 Å². The molecule has 1 unspecified atom stereocenters. The SMILES string of the molecule is CNc1sc(S(=O)(=O)NCC2CSCCS2)cc1[N+](=O)[O-]. The Morgan fingerprint density at radius 2 is 2.24 bits per heavy atom. The number of nitro groups is 1. The molecule has 0 aliphatic carbocycles. The van der Waals surface area contributed by atoms with Crippen LogP contribution in [0.4, 0.5) is 10.7 Å². The molecule has 1 aliphatic heterocycles. The van der Waals surface area contributed by atoms with Crippen molar-refractivity contribution in [1.82, 2.24) is 4.72 Å². The number of sulfonamides is 1. The van der Waals surface area contributed by atoms with Crippen LogP contribution in [0.2, 0.25) is 0 Å². The van der Waals surface area contributed by atoms with Gasteiger partial charge < -0.3 is 5.32 Å². The van der Waals surface area contributed by atoms with Crippen molar-refractivity contribution in [2.45, 2.75) is 9.46 Å². The number of nitrogens with one attached hydrogen (secondary N) is 2. The monoisotopic (exact) mass is 369 g/mol. The van der Waals surface area contributed by atoms with Gasteiger partial charge in [-0.25, -0.2) is 13.1 Å². The highest BCUT2D eigenvalue weighted by atomic mass is 32.2. The van der Waals surface area contributed by atoms with Crippen molar-refractivity contribution in [3.8, 4) is 0 Å². The zero-order chi connectivity index (χ0) is 15.5. The molecule has 1 aliphatic rings. The van der Waals surface area contributed by atoms with Gasteiger partial charge in [-0.05, 0) is 0 Å². The second kappa shape index (κ2) is 7.18. The van der Waals surface area contributed by atoms with E-state index in [-0.39, 0.29) is 20.1 Å². The van der Waals surface area contributed by atoms with Crippen LogP contribution in [-0.4, -0.2) is 49.4 Å². The van der Waals surface area contributed by atoms with Crippen LogP contribution >= 0.6 is 34.9 Å². The van der Waals surface area contributed by atoms with Gasteiger partial charge in [0.25, 0.3) is 0 Å². The molecule has 118 valence electrons.